The monoisotopic (exact) mass is 404 g/mol. The molecule has 0 radical (unpaired) electrons. The van der Waals surface area contributed by atoms with Gasteiger partial charge in [-0.05, 0) is 60.3 Å². The molecule has 0 saturated carbocycles. The fourth-order valence-corrected chi connectivity index (χ4v) is 4.89. The predicted molar refractivity (Wildman–Crippen MR) is 114 cm³/mol. The van der Waals surface area contributed by atoms with Crippen molar-refractivity contribution in [2.75, 3.05) is 48.0 Å². The molecule has 3 atom stereocenters. The molecule has 2 heterocycles. The summed E-state index contributed by atoms with van der Waals surface area (Å²) in [6.07, 6.45) is 2.93. The maximum Gasteiger partial charge on any atom is 0.409 e. The summed E-state index contributed by atoms with van der Waals surface area (Å²) in [6, 6.07) is 4.62. The Morgan fingerprint density at radius 2 is 1.86 bits per heavy atom. The normalized spacial score (nSPS) is 23.9. The average Bonchev–Trinajstić information content (AvgIpc) is 2.70. The summed E-state index contributed by atoms with van der Waals surface area (Å²) in [5.74, 6) is 3.12. The third kappa shape index (κ3) is 4.80. The summed E-state index contributed by atoms with van der Waals surface area (Å²) in [5.41, 5.74) is 2.68. The zero-order chi connectivity index (χ0) is 21.1. The van der Waals surface area contributed by atoms with E-state index in [1.165, 1.54) is 16.0 Å². The number of methoxy groups -OCH3 is 2. The molecule has 0 N–H and O–H groups in total. The minimum Gasteiger partial charge on any atom is -0.493 e. The second-order valence-electron chi connectivity index (χ2n) is 9.02. The highest BCUT2D eigenvalue weighted by molar-refractivity contribution is 5.66. The molecule has 162 valence electrons. The fourth-order valence-electron chi connectivity index (χ4n) is 4.89. The van der Waals surface area contributed by atoms with Crippen LogP contribution in [0, 0.1) is 17.8 Å². The summed E-state index contributed by atoms with van der Waals surface area (Å²) in [5, 5.41) is 0. The standard InChI is InChI=1S/C23H36N2O4/c1-15(2)9-17-13-25-8-7-16-11-21(27-5)22(28-6)12-19(16)20(25)10-18(17)14-29-23(26)24(3)4/h11-12,15,17-18,20H,7-10,13-14H2,1-6H3. The number of carbonyl (C=O) groups excluding carboxylic acids is 1. The lowest BCUT2D eigenvalue weighted by molar-refractivity contribution is 0.00806. The number of fused-ring (bicyclic) bond motifs is 3. The van der Waals surface area contributed by atoms with Crippen LogP contribution < -0.4 is 9.47 Å². The molecule has 1 aromatic rings. The van der Waals surface area contributed by atoms with Crippen molar-refractivity contribution in [1.82, 2.24) is 9.80 Å². The summed E-state index contributed by atoms with van der Waals surface area (Å²) in [7, 11) is 6.83. The SMILES string of the molecule is COc1cc2c(cc1OC)C1CC(COC(=O)N(C)C)C(CC(C)C)CN1CC2. The minimum atomic E-state index is -0.258. The van der Waals surface area contributed by atoms with Gasteiger partial charge in [-0.15, -0.1) is 0 Å². The van der Waals surface area contributed by atoms with Crippen LogP contribution in [0.25, 0.3) is 0 Å². The first kappa shape index (κ1) is 21.8. The number of benzene rings is 1. The number of amides is 1. The van der Waals surface area contributed by atoms with Crippen LogP contribution in [-0.2, 0) is 11.2 Å². The molecule has 3 rings (SSSR count). The first-order chi connectivity index (χ1) is 13.8. The number of carbonyl (C=O) groups is 1. The Labute approximate surface area is 175 Å². The lowest BCUT2D eigenvalue weighted by Gasteiger charge is -2.47. The van der Waals surface area contributed by atoms with Crippen molar-refractivity contribution in [2.45, 2.75) is 39.2 Å². The van der Waals surface area contributed by atoms with Gasteiger partial charge in [-0.3, -0.25) is 4.90 Å². The number of rotatable bonds is 6. The molecule has 0 aromatic heterocycles. The molecule has 1 aromatic carbocycles. The summed E-state index contributed by atoms with van der Waals surface area (Å²) < 4.78 is 16.7. The van der Waals surface area contributed by atoms with E-state index in [1.54, 1.807) is 28.3 Å². The van der Waals surface area contributed by atoms with Gasteiger partial charge >= 0.3 is 6.09 Å². The molecular weight excluding hydrogens is 368 g/mol. The highest BCUT2D eigenvalue weighted by Gasteiger charge is 2.40. The van der Waals surface area contributed by atoms with Crippen LogP contribution in [0.1, 0.15) is 43.9 Å². The third-order valence-electron chi connectivity index (χ3n) is 6.34. The molecule has 1 saturated heterocycles. The highest BCUT2D eigenvalue weighted by Crippen LogP contribution is 2.45. The third-order valence-corrected chi connectivity index (χ3v) is 6.34. The highest BCUT2D eigenvalue weighted by atomic mass is 16.6. The average molecular weight is 405 g/mol. The Kier molecular flexibility index (Phi) is 6.93. The number of hydrogen-bond donors (Lipinski definition) is 0. The number of hydrogen-bond acceptors (Lipinski definition) is 5. The van der Waals surface area contributed by atoms with Crippen molar-refractivity contribution in [2.24, 2.45) is 17.8 Å². The molecule has 29 heavy (non-hydrogen) atoms. The van der Waals surface area contributed by atoms with Crippen molar-refractivity contribution in [1.29, 1.82) is 0 Å². The molecule has 3 unspecified atom stereocenters. The van der Waals surface area contributed by atoms with Crippen LogP contribution in [0.5, 0.6) is 11.5 Å². The van der Waals surface area contributed by atoms with Gasteiger partial charge in [-0.25, -0.2) is 4.79 Å². The molecule has 0 bridgehead atoms. The lowest BCUT2D eigenvalue weighted by Crippen LogP contribution is -2.47. The van der Waals surface area contributed by atoms with Gasteiger partial charge in [0.05, 0.1) is 20.8 Å². The van der Waals surface area contributed by atoms with E-state index in [2.05, 4.69) is 30.9 Å². The maximum atomic E-state index is 12.0. The van der Waals surface area contributed by atoms with E-state index < -0.39 is 0 Å². The molecule has 0 spiro atoms. The summed E-state index contributed by atoms with van der Waals surface area (Å²) >= 11 is 0. The maximum absolute atomic E-state index is 12.0. The summed E-state index contributed by atoms with van der Waals surface area (Å²) in [4.78, 5) is 16.1. The van der Waals surface area contributed by atoms with Crippen molar-refractivity contribution in [3.05, 3.63) is 23.3 Å². The van der Waals surface area contributed by atoms with Crippen LogP contribution in [0.2, 0.25) is 0 Å². The second-order valence-corrected chi connectivity index (χ2v) is 9.02. The molecule has 1 fully saturated rings. The second kappa shape index (κ2) is 9.24. The zero-order valence-corrected chi connectivity index (χ0v) is 18.7. The largest absolute Gasteiger partial charge is 0.493 e. The van der Waals surface area contributed by atoms with E-state index in [4.69, 9.17) is 14.2 Å². The Morgan fingerprint density at radius 1 is 1.17 bits per heavy atom. The smallest absolute Gasteiger partial charge is 0.409 e. The molecule has 2 aliphatic rings. The quantitative estimate of drug-likeness (QED) is 0.718. The molecule has 1 amide bonds. The van der Waals surface area contributed by atoms with Gasteiger partial charge in [-0.1, -0.05) is 13.8 Å². The van der Waals surface area contributed by atoms with Gasteiger partial charge in [0.2, 0.25) is 0 Å². The van der Waals surface area contributed by atoms with Gasteiger partial charge in [0.1, 0.15) is 0 Å². The van der Waals surface area contributed by atoms with Crippen LogP contribution in [0.15, 0.2) is 12.1 Å². The van der Waals surface area contributed by atoms with Crippen LogP contribution in [-0.4, -0.2) is 63.9 Å². The first-order valence-electron chi connectivity index (χ1n) is 10.7. The lowest BCUT2D eigenvalue weighted by atomic mass is 9.74. The van der Waals surface area contributed by atoms with Gasteiger partial charge in [0.15, 0.2) is 11.5 Å². The van der Waals surface area contributed by atoms with Crippen LogP contribution in [0.3, 0.4) is 0 Å². The number of ether oxygens (including phenoxy) is 3. The van der Waals surface area contributed by atoms with E-state index in [9.17, 15) is 4.79 Å². The zero-order valence-electron chi connectivity index (χ0n) is 18.7. The van der Waals surface area contributed by atoms with Gasteiger partial charge in [0.25, 0.3) is 0 Å². The van der Waals surface area contributed by atoms with Gasteiger partial charge in [0, 0.05) is 33.2 Å². The molecule has 2 aliphatic heterocycles. The Hall–Kier alpha value is -1.95. The van der Waals surface area contributed by atoms with Crippen molar-refractivity contribution >= 4 is 6.09 Å². The van der Waals surface area contributed by atoms with Crippen LogP contribution >= 0.6 is 0 Å². The van der Waals surface area contributed by atoms with E-state index in [1.807, 2.05) is 0 Å². The van der Waals surface area contributed by atoms with Gasteiger partial charge in [-0.2, -0.15) is 0 Å². The molecule has 6 nitrogen and oxygen atoms in total. The van der Waals surface area contributed by atoms with Crippen LogP contribution in [0.4, 0.5) is 4.79 Å². The topological polar surface area (TPSA) is 51.2 Å². The molecule has 0 aliphatic carbocycles. The van der Waals surface area contributed by atoms with Crippen molar-refractivity contribution in [3.63, 3.8) is 0 Å². The van der Waals surface area contributed by atoms with E-state index >= 15 is 0 Å². The van der Waals surface area contributed by atoms with E-state index in [-0.39, 0.29) is 6.09 Å². The Bertz CT molecular complexity index is 719. The van der Waals surface area contributed by atoms with Crippen molar-refractivity contribution in [3.8, 4) is 11.5 Å². The predicted octanol–water partition coefficient (Wildman–Crippen LogP) is 3.98. The fraction of sp³-hybridized carbons (Fsp3) is 0.696. The molecule has 6 heteroatoms. The van der Waals surface area contributed by atoms with E-state index in [0.29, 0.717) is 30.4 Å². The minimum absolute atomic E-state index is 0.258. The van der Waals surface area contributed by atoms with Crippen molar-refractivity contribution < 1.29 is 19.0 Å². The Balaban J connectivity index is 1.84. The van der Waals surface area contributed by atoms with Gasteiger partial charge < -0.3 is 19.1 Å². The number of piperidine rings is 1. The number of nitrogens with zero attached hydrogens (tertiary/aromatic N) is 2. The Morgan fingerprint density at radius 3 is 2.48 bits per heavy atom. The first-order valence-corrected chi connectivity index (χ1v) is 10.7. The summed E-state index contributed by atoms with van der Waals surface area (Å²) in [6.45, 7) is 7.16. The van der Waals surface area contributed by atoms with E-state index in [0.717, 1.165) is 43.9 Å². The molecular formula is C23H36N2O4.